The van der Waals surface area contributed by atoms with Crippen LogP contribution in [0.1, 0.15) is 30.4 Å². The molecule has 0 saturated heterocycles. The number of halogens is 1. The molecule has 2 N–H and O–H groups in total. The number of aromatic hydroxyl groups is 1. The Kier molecular flexibility index (Phi) is 6.15. The van der Waals surface area contributed by atoms with E-state index in [0.29, 0.717) is 38.0 Å². The molecule has 3 atom stereocenters. The van der Waals surface area contributed by atoms with Gasteiger partial charge in [0.05, 0.1) is 18.3 Å². The zero-order valence-corrected chi connectivity index (χ0v) is 15.9. The maximum atomic E-state index is 13.0. The highest BCUT2D eigenvalue weighted by Gasteiger charge is 2.45. The maximum Gasteiger partial charge on any atom is 0.123 e. The molecule has 1 aliphatic rings. The van der Waals surface area contributed by atoms with E-state index in [1.165, 1.54) is 12.1 Å². The number of phenolic OH excluding ortho intramolecular Hbond substituents is 1. The highest BCUT2D eigenvalue weighted by Crippen LogP contribution is 2.45. The number of hydrogen-bond acceptors (Lipinski definition) is 4. The first kappa shape index (κ1) is 19.8. The van der Waals surface area contributed by atoms with Gasteiger partial charge in [0.2, 0.25) is 0 Å². The van der Waals surface area contributed by atoms with Crippen molar-refractivity contribution in [3.05, 3.63) is 65.5 Å². The number of phenols is 1. The van der Waals surface area contributed by atoms with Gasteiger partial charge < -0.3 is 19.8 Å². The van der Waals surface area contributed by atoms with Crippen LogP contribution in [0.15, 0.2) is 48.5 Å². The third-order valence-corrected chi connectivity index (χ3v) is 5.43. The molecule has 1 saturated carbocycles. The molecule has 2 aromatic rings. The van der Waals surface area contributed by atoms with E-state index >= 15 is 0 Å². The van der Waals surface area contributed by atoms with Crippen molar-refractivity contribution in [1.29, 1.82) is 0 Å². The third kappa shape index (κ3) is 4.67. The second-order valence-electron chi connectivity index (χ2n) is 7.73. The Labute approximate surface area is 160 Å². The summed E-state index contributed by atoms with van der Waals surface area (Å²) in [6.07, 6.45) is 1.95. The molecule has 3 unspecified atom stereocenters. The van der Waals surface area contributed by atoms with Crippen molar-refractivity contribution in [2.45, 2.75) is 37.6 Å². The minimum absolute atomic E-state index is 0.0196. The van der Waals surface area contributed by atoms with Gasteiger partial charge in [-0.3, -0.25) is 0 Å². The monoisotopic (exact) mass is 373 g/mol. The van der Waals surface area contributed by atoms with Crippen LogP contribution in [0.3, 0.4) is 0 Å². The Morgan fingerprint density at radius 2 is 1.85 bits per heavy atom. The minimum atomic E-state index is -1.08. The van der Waals surface area contributed by atoms with Gasteiger partial charge in [0.25, 0.3) is 0 Å². The summed E-state index contributed by atoms with van der Waals surface area (Å²) in [5, 5.41) is 21.8. The van der Waals surface area contributed by atoms with Crippen LogP contribution >= 0.6 is 0 Å². The molecule has 0 aliphatic heterocycles. The van der Waals surface area contributed by atoms with Gasteiger partial charge in [0, 0.05) is 18.0 Å². The lowest BCUT2D eigenvalue weighted by Crippen LogP contribution is -2.46. The molecule has 1 aliphatic carbocycles. The fourth-order valence-corrected chi connectivity index (χ4v) is 4.02. The fourth-order valence-electron chi connectivity index (χ4n) is 4.02. The second-order valence-corrected chi connectivity index (χ2v) is 7.73. The van der Waals surface area contributed by atoms with Gasteiger partial charge in [-0.1, -0.05) is 30.3 Å². The average Bonchev–Trinajstić information content (AvgIpc) is 2.63. The number of nitrogens with zero attached hydrogens (tertiary/aromatic N) is 1. The molecular weight excluding hydrogens is 345 g/mol. The smallest absolute Gasteiger partial charge is 0.123 e. The van der Waals surface area contributed by atoms with Gasteiger partial charge in [-0.05, 0) is 57.1 Å². The predicted octanol–water partition coefficient (Wildman–Crippen LogP) is 3.67. The Balaban J connectivity index is 1.72. The highest BCUT2D eigenvalue weighted by atomic mass is 19.1. The lowest BCUT2D eigenvalue weighted by Gasteiger charge is -2.44. The number of para-hydroxylation sites is 1. The van der Waals surface area contributed by atoms with Gasteiger partial charge in [-0.2, -0.15) is 0 Å². The van der Waals surface area contributed by atoms with Crippen molar-refractivity contribution in [3.63, 3.8) is 0 Å². The zero-order chi connectivity index (χ0) is 19.4. The summed E-state index contributed by atoms with van der Waals surface area (Å²) in [6, 6.07) is 13.4. The summed E-state index contributed by atoms with van der Waals surface area (Å²) < 4.78 is 19.1. The summed E-state index contributed by atoms with van der Waals surface area (Å²) in [7, 11) is 3.96. The SMILES string of the molecule is CN(C)CC1CC(OCc2ccc(F)cc2)CCC1(O)c1ccccc1O. The summed E-state index contributed by atoms with van der Waals surface area (Å²) >= 11 is 0. The largest absolute Gasteiger partial charge is 0.508 e. The summed E-state index contributed by atoms with van der Waals surface area (Å²) in [5.41, 5.74) is 0.446. The van der Waals surface area contributed by atoms with Crippen LogP contribution in [-0.4, -0.2) is 41.9 Å². The van der Waals surface area contributed by atoms with Crippen molar-refractivity contribution in [3.8, 4) is 5.75 Å². The molecule has 1 fully saturated rings. The van der Waals surface area contributed by atoms with Crippen LogP contribution in [0, 0.1) is 11.7 Å². The van der Waals surface area contributed by atoms with Crippen molar-refractivity contribution < 1.29 is 19.3 Å². The van der Waals surface area contributed by atoms with Gasteiger partial charge in [-0.25, -0.2) is 4.39 Å². The van der Waals surface area contributed by atoms with Crippen molar-refractivity contribution in [2.24, 2.45) is 5.92 Å². The molecule has 146 valence electrons. The Bertz CT molecular complexity index is 749. The summed E-state index contributed by atoms with van der Waals surface area (Å²) in [5.74, 6) is -0.183. The molecule has 5 heteroatoms. The lowest BCUT2D eigenvalue weighted by atomic mass is 9.70. The minimum Gasteiger partial charge on any atom is -0.508 e. The normalized spacial score (nSPS) is 25.7. The molecule has 2 aromatic carbocycles. The first-order valence-corrected chi connectivity index (χ1v) is 9.40. The molecule has 0 amide bonds. The van der Waals surface area contributed by atoms with E-state index in [9.17, 15) is 14.6 Å². The van der Waals surface area contributed by atoms with Gasteiger partial charge >= 0.3 is 0 Å². The van der Waals surface area contributed by atoms with E-state index in [2.05, 4.69) is 4.90 Å². The van der Waals surface area contributed by atoms with Gasteiger partial charge in [-0.15, -0.1) is 0 Å². The quantitative estimate of drug-likeness (QED) is 0.811. The number of aliphatic hydroxyl groups is 1. The van der Waals surface area contributed by atoms with Crippen LogP contribution in [-0.2, 0) is 16.9 Å². The molecule has 4 nitrogen and oxygen atoms in total. The Morgan fingerprint density at radius 3 is 2.52 bits per heavy atom. The lowest BCUT2D eigenvalue weighted by molar-refractivity contribution is -0.111. The first-order valence-electron chi connectivity index (χ1n) is 9.40. The van der Waals surface area contributed by atoms with Gasteiger partial charge in [0.1, 0.15) is 11.6 Å². The average molecular weight is 373 g/mol. The Hall–Kier alpha value is -1.95. The number of hydrogen-bond donors (Lipinski definition) is 2. The van der Waals surface area contributed by atoms with Crippen LogP contribution in [0.5, 0.6) is 5.75 Å². The van der Waals surface area contributed by atoms with Crippen LogP contribution < -0.4 is 0 Å². The molecule has 27 heavy (non-hydrogen) atoms. The van der Waals surface area contributed by atoms with E-state index in [1.54, 1.807) is 30.3 Å². The van der Waals surface area contributed by atoms with E-state index < -0.39 is 5.60 Å². The predicted molar refractivity (Wildman–Crippen MR) is 103 cm³/mol. The van der Waals surface area contributed by atoms with E-state index in [1.807, 2.05) is 20.2 Å². The number of rotatable bonds is 6. The maximum absolute atomic E-state index is 13.0. The van der Waals surface area contributed by atoms with Crippen molar-refractivity contribution >= 4 is 0 Å². The fraction of sp³-hybridized carbons (Fsp3) is 0.455. The number of ether oxygens (including phenoxy) is 1. The van der Waals surface area contributed by atoms with Crippen molar-refractivity contribution in [1.82, 2.24) is 4.90 Å². The highest BCUT2D eigenvalue weighted by molar-refractivity contribution is 5.37. The van der Waals surface area contributed by atoms with E-state index in [-0.39, 0.29) is 23.6 Å². The van der Waals surface area contributed by atoms with E-state index in [0.717, 1.165) is 5.56 Å². The molecule has 0 radical (unpaired) electrons. The first-order chi connectivity index (χ1) is 12.9. The van der Waals surface area contributed by atoms with Crippen molar-refractivity contribution in [2.75, 3.05) is 20.6 Å². The van der Waals surface area contributed by atoms with Crippen LogP contribution in [0.4, 0.5) is 4.39 Å². The van der Waals surface area contributed by atoms with Gasteiger partial charge in [0.15, 0.2) is 0 Å². The molecule has 0 spiro atoms. The molecule has 0 aromatic heterocycles. The van der Waals surface area contributed by atoms with Crippen LogP contribution in [0.25, 0.3) is 0 Å². The van der Waals surface area contributed by atoms with Crippen LogP contribution in [0.2, 0.25) is 0 Å². The Morgan fingerprint density at radius 1 is 1.15 bits per heavy atom. The third-order valence-electron chi connectivity index (χ3n) is 5.43. The number of benzene rings is 2. The molecule has 0 heterocycles. The zero-order valence-electron chi connectivity index (χ0n) is 15.9. The molecular formula is C22H28FNO3. The summed E-state index contributed by atoms with van der Waals surface area (Å²) in [6.45, 7) is 1.12. The second kappa shape index (κ2) is 8.38. The standard InChI is InChI=1S/C22H28FNO3/c1-24(2)14-17-13-19(27-15-16-7-9-18(23)10-8-16)11-12-22(17,26)20-5-3-4-6-21(20)25/h3-10,17,19,25-26H,11-15H2,1-2H3. The van der Waals surface area contributed by atoms with E-state index in [4.69, 9.17) is 4.74 Å². The topological polar surface area (TPSA) is 52.9 Å². The molecule has 3 rings (SSSR count). The summed E-state index contributed by atoms with van der Waals surface area (Å²) in [4.78, 5) is 2.05. The molecule has 0 bridgehead atoms.